The van der Waals surface area contributed by atoms with Gasteiger partial charge in [-0.2, -0.15) is 0 Å². The van der Waals surface area contributed by atoms with Crippen molar-refractivity contribution in [2.24, 2.45) is 0 Å². The second-order valence-corrected chi connectivity index (χ2v) is 5.81. The first kappa shape index (κ1) is 14.4. The van der Waals surface area contributed by atoms with Crippen LogP contribution in [0.5, 0.6) is 5.75 Å². The van der Waals surface area contributed by atoms with Crippen LogP contribution in [-0.2, 0) is 0 Å². The van der Waals surface area contributed by atoms with Crippen molar-refractivity contribution in [1.82, 2.24) is 4.98 Å². The van der Waals surface area contributed by atoms with Crippen LogP contribution in [0, 0.1) is 20.8 Å². The van der Waals surface area contributed by atoms with E-state index in [1.807, 2.05) is 32.3 Å². The summed E-state index contributed by atoms with van der Waals surface area (Å²) in [4.78, 5) is 6.54. The monoisotopic (exact) mass is 292 g/mol. The Morgan fingerprint density at radius 2 is 1.68 bits per heavy atom. The number of hydrogen-bond donors (Lipinski definition) is 1. The Balaban J connectivity index is 2.16. The van der Waals surface area contributed by atoms with Gasteiger partial charge in [0, 0.05) is 24.3 Å². The van der Waals surface area contributed by atoms with Crippen LogP contribution in [0.1, 0.15) is 16.7 Å². The van der Waals surface area contributed by atoms with E-state index < -0.39 is 0 Å². The maximum Gasteiger partial charge on any atom is 0.119 e. The van der Waals surface area contributed by atoms with Crippen LogP contribution in [0.15, 0.2) is 42.6 Å². The summed E-state index contributed by atoms with van der Waals surface area (Å²) in [6.07, 6.45) is 1.81. The molecule has 2 aromatic carbocycles. The number of hydrogen-bond acceptors (Lipinski definition) is 3. The first-order valence-electron chi connectivity index (χ1n) is 7.36. The lowest BCUT2D eigenvalue weighted by Crippen LogP contribution is -2.10. The fraction of sp³-hybridized carbons (Fsp3) is 0.211. The highest BCUT2D eigenvalue weighted by Crippen LogP contribution is 2.33. The van der Waals surface area contributed by atoms with Gasteiger partial charge < -0.3 is 10.0 Å². The first-order valence-corrected chi connectivity index (χ1v) is 7.36. The average molecular weight is 292 g/mol. The van der Waals surface area contributed by atoms with Crippen molar-refractivity contribution in [3.8, 4) is 5.75 Å². The van der Waals surface area contributed by atoms with E-state index in [9.17, 15) is 5.11 Å². The molecule has 1 aromatic heterocycles. The molecule has 1 N–H and O–H groups in total. The van der Waals surface area contributed by atoms with Crippen molar-refractivity contribution in [1.29, 1.82) is 0 Å². The molecule has 0 unspecified atom stereocenters. The number of anilines is 2. The summed E-state index contributed by atoms with van der Waals surface area (Å²) in [6.45, 7) is 6.12. The minimum absolute atomic E-state index is 0.301. The Morgan fingerprint density at radius 1 is 0.909 bits per heavy atom. The van der Waals surface area contributed by atoms with Gasteiger partial charge in [-0.1, -0.05) is 6.07 Å². The van der Waals surface area contributed by atoms with Crippen molar-refractivity contribution < 1.29 is 5.11 Å². The van der Waals surface area contributed by atoms with Gasteiger partial charge in [-0.3, -0.25) is 4.98 Å². The predicted octanol–water partition coefficient (Wildman–Crippen LogP) is 4.63. The van der Waals surface area contributed by atoms with Crippen molar-refractivity contribution in [3.63, 3.8) is 0 Å². The molecule has 0 fully saturated rings. The Morgan fingerprint density at radius 3 is 2.41 bits per heavy atom. The van der Waals surface area contributed by atoms with E-state index >= 15 is 0 Å². The molecule has 1 heterocycles. The van der Waals surface area contributed by atoms with Crippen molar-refractivity contribution in [3.05, 3.63) is 59.3 Å². The highest BCUT2D eigenvalue weighted by Gasteiger charge is 2.11. The standard InChI is InChI=1S/C19H20N2O/c1-12-5-6-15(9-13(12)2)21(4)18-7-8-20-17-10-14(3)19(22)11-16(17)18/h5-11,22H,1-4H3. The Labute approximate surface area is 130 Å². The van der Waals surface area contributed by atoms with Gasteiger partial charge in [0.25, 0.3) is 0 Å². The smallest absolute Gasteiger partial charge is 0.119 e. The average Bonchev–Trinajstić information content (AvgIpc) is 2.50. The molecule has 0 radical (unpaired) electrons. The van der Waals surface area contributed by atoms with Crippen LogP contribution in [0.4, 0.5) is 11.4 Å². The van der Waals surface area contributed by atoms with Crippen LogP contribution in [0.25, 0.3) is 10.9 Å². The molecule has 22 heavy (non-hydrogen) atoms. The van der Waals surface area contributed by atoms with E-state index in [-0.39, 0.29) is 0 Å². The highest BCUT2D eigenvalue weighted by atomic mass is 16.3. The number of aromatic hydroxyl groups is 1. The number of phenols is 1. The number of aromatic nitrogens is 1. The van der Waals surface area contributed by atoms with Gasteiger partial charge >= 0.3 is 0 Å². The Bertz CT molecular complexity index is 855. The molecule has 0 amide bonds. The van der Waals surface area contributed by atoms with Gasteiger partial charge in [-0.05, 0) is 67.8 Å². The van der Waals surface area contributed by atoms with Crippen LogP contribution in [0.2, 0.25) is 0 Å². The van der Waals surface area contributed by atoms with Gasteiger partial charge in [0.05, 0.1) is 11.2 Å². The maximum absolute atomic E-state index is 10.0. The van der Waals surface area contributed by atoms with E-state index in [0.29, 0.717) is 5.75 Å². The third kappa shape index (κ3) is 2.39. The molecule has 0 aliphatic carbocycles. The maximum atomic E-state index is 10.0. The minimum Gasteiger partial charge on any atom is -0.508 e. The van der Waals surface area contributed by atoms with E-state index in [0.717, 1.165) is 27.8 Å². The minimum atomic E-state index is 0.301. The first-order chi connectivity index (χ1) is 10.5. The van der Waals surface area contributed by atoms with Crippen LogP contribution < -0.4 is 4.90 Å². The number of benzene rings is 2. The van der Waals surface area contributed by atoms with Crippen LogP contribution in [-0.4, -0.2) is 17.1 Å². The molecule has 0 bridgehead atoms. The third-order valence-corrected chi connectivity index (χ3v) is 4.28. The SMILES string of the molecule is Cc1ccc(N(C)c2ccnc3cc(C)c(O)cc23)cc1C. The summed E-state index contributed by atoms with van der Waals surface area (Å²) in [7, 11) is 2.04. The molecule has 112 valence electrons. The zero-order valence-electron chi connectivity index (χ0n) is 13.4. The normalized spacial score (nSPS) is 10.9. The fourth-order valence-corrected chi connectivity index (χ4v) is 2.64. The molecule has 0 atom stereocenters. The van der Waals surface area contributed by atoms with E-state index in [4.69, 9.17) is 0 Å². The fourth-order valence-electron chi connectivity index (χ4n) is 2.64. The Kier molecular flexibility index (Phi) is 3.49. The molecule has 0 aliphatic rings. The van der Waals surface area contributed by atoms with Crippen molar-refractivity contribution in [2.75, 3.05) is 11.9 Å². The molecule has 3 rings (SSSR count). The number of nitrogens with zero attached hydrogens (tertiary/aromatic N) is 2. The molecular weight excluding hydrogens is 272 g/mol. The Hall–Kier alpha value is -2.55. The van der Waals surface area contributed by atoms with Crippen molar-refractivity contribution in [2.45, 2.75) is 20.8 Å². The topological polar surface area (TPSA) is 36.4 Å². The summed E-state index contributed by atoms with van der Waals surface area (Å²) in [5, 5.41) is 11.0. The lowest BCUT2D eigenvalue weighted by molar-refractivity contribution is 0.472. The summed E-state index contributed by atoms with van der Waals surface area (Å²) in [5.41, 5.74) is 6.43. The van der Waals surface area contributed by atoms with Crippen molar-refractivity contribution >= 4 is 22.3 Å². The van der Waals surface area contributed by atoms with E-state index in [1.54, 1.807) is 6.07 Å². The molecule has 3 aromatic rings. The molecule has 0 spiro atoms. The number of rotatable bonds is 2. The van der Waals surface area contributed by atoms with Crippen LogP contribution >= 0.6 is 0 Å². The third-order valence-electron chi connectivity index (χ3n) is 4.28. The van der Waals surface area contributed by atoms with Gasteiger partial charge in [-0.25, -0.2) is 0 Å². The summed E-state index contributed by atoms with van der Waals surface area (Å²) in [5.74, 6) is 0.301. The summed E-state index contributed by atoms with van der Waals surface area (Å²) >= 11 is 0. The molecule has 0 saturated carbocycles. The molecule has 3 heteroatoms. The summed E-state index contributed by atoms with van der Waals surface area (Å²) in [6, 6.07) is 12.1. The quantitative estimate of drug-likeness (QED) is 0.748. The van der Waals surface area contributed by atoms with Gasteiger partial charge in [0.1, 0.15) is 5.75 Å². The number of pyridine rings is 1. The lowest BCUT2D eigenvalue weighted by Gasteiger charge is -2.22. The molecule has 0 aliphatic heterocycles. The number of fused-ring (bicyclic) bond motifs is 1. The zero-order valence-corrected chi connectivity index (χ0v) is 13.4. The highest BCUT2D eigenvalue weighted by molar-refractivity contribution is 5.95. The van der Waals surface area contributed by atoms with Gasteiger partial charge in [-0.15, -0.1) is 0 Å². The van der Waals surface area contributed by atoms with Crippen LogP contribution in [0.3, 0.4) is 0 Å². The summed E-state index contributed by atoms with van der Waals surface area (Å²) < 4.78 is 0. The van der Waals surface area contributed by atoms with Gasteiger partial charge in [0.15, 0.2) is 0 Å². The zero-order chi connectivity index (χ0) is 15.9. The molecule has 3 nitrogen and oxygen atoms in total. The number of aryl methyl sites for hydroxylation is 3. The second-order valence-electron chi connectivity index (χ2n) is 5.81. The largest absolute Gasteiger partial charge is 0.508 e. The lowest BCUT2D eigenvalue weighted by atomic mass is 10.1. The van der Waals surface area contributed by atoms with Gasteiger partial charge in [0.2, 0.25) is 0 Å². The van der Waals surface area contributed by atoms with E-state index in [1.165, 1.54) is 11.1 Å². The van der Waals surface area contributed by atoms with E-state index in [2.05, 4.69) is 41.9 Å². The second kappa shape index (κ2) is 5.34. The predicted molar refractivity (Wildman–Crippen MR) is 92.1 cm³/mol. The number of phenolic OH excluding ortho intramolecular Hbond substituents is 1. The molecule has 0 saturated heterocycles. The molecular formula is C19H20N2O.